The molecule has 0 spiro atoms. The molecule has 2 fully saturated rings. The maximum absolute atomic E-state index is 12.8. The van der Waals surface area contributed by atoms with Crippen molar-refractivity contribution in [3.05, 3.63) is 18.0 Å². The predicted octanol–water partition coefficient (Wildman–Crippen LogP) is 2.00. The van der Waals surface area contributed by atoms with E-state index < -0.39 is 0 Å². The van der Waals surface area contributed by atoms with Crippen LogP contribution in [0.5, 0.6) is 0 Å². The monoisotopic (exact) mass is 391 g/mol. The van der Waals surface area contributed by atoms with E-state index in [1.54, 1.807) is 10.9 Å². The van der Waals surface area contributed by atoms with E-state index in [-0.39, 0.29) is 36.8 Å². The third-order valence-corrected chi connectivity index (χ3v) is 5.28. The SMILES string of the molecule is CNC(C(=O)N1CCC(N2CCCCC2)CC1)c1cnn(C)c1.Cl.Cl. The van der Waals surface area contributed by atoms with Crippen LogP contribution in [0.3, 0.4) is 0 Å². The van der Waals surface area contributed by atoms with Crippen molar-refractivity contribution in [3.63, 3.8) is 0 Å². The second-order valence-corrected chi connectivity index (χ2v) is 6.82. The Bertz CT molecular complexity index is 525. The zero-order valence-corrected chi connectivity index (χ0v) is 16.8. The maximum atomic E-state index is 12.8. The van der Waals surface area contributed by atoms with E-state index >= 15 is 0 Å². The molecule has 2 aliphatic heterocycles. The molecule has 1 N–H and O–H groups in total. The number of halogens is 2. The molecule has 144 valence electrons. The van der Waals surface area contributed by atoms with Crippen LogP contribution in [0.2, 0.25) is 0 Å². The summed E-state index contributed by atoms with van der Waals surface area (Å²) in [4.78, 5) is 17.5. The van der Waals surface area contributed by atoms with Gasteiger partial charge in [0, 0.05) is 37.9 Å². The van der Waals surface area contributed by atoms with E-state index in [1.807, 2.05) is 25.2 Å². The van der Waals surface area contributed by atoms with Gasteiger partial charge in [-0.15, -0.1) is 24.8 Å². The summed E-state index contributed by atoms with van der Waals surface area (Å²) in [6.45, 7) is 4.23. The molecule has 3 heterocycles. The van der Waals surface area contributed by atoms with Crippen LogP contribution < -0.4 is 5.32 Å². The van der Waals surface area contributed by atoms with Gasteiger partial charge < -0.3 is 15.1 Å². The lowest BCUT2D eigenvalue weighted by atomic mass is 9.99. The molecular formula is C17H31Cl2N5O. The molecule has 1 aromatic rings. The highest BCUT2D eigenvalue weighted by Gasteiger charge is 2.31. The van der Waals surface area contributed by atoms with Gasteiger partial charge in [0.1, 0.15) is 6.04 Å². The topological polar surface area (TPSA) is 53.4 Å². The highest BCUT2D eigenvalue weighted by atomic mass is 35.5. The van der Waals surface area contributed by atoms with E-state index in [1.165, 1.54) is 32.4 Å². The molecule has 8 heteroatoms. The molecule has 1 unspecified atom stereocenters. The number of aromatic nitrogens is 2. The molecule has 0 radical (unpaired) electrons. The van der Waals surface area contributed by atoms with Crippen molar-refractivity contribution in [2.24, 2.45) is 7.05 Å². The zero-order chi connectivity index (χ0) is 16.2. The number of carbonyl (C=O) groups is 1. The van der Waals surface area contributed by atoms with Gasteiger partial charge in [0.15, 0.2) is 0 Å². The van der Waals surface area contributed by atoms with Crippen LogP contribution in [-0.4, -0.2) is 64.8 Å². The van der Waals surface area contributed by atoms with Crippen molar-refractivity contribution in [2.75, 3.05) is 33.2 Å². The number of nitrogens with one attached hydrogen (secondary N) is 1. The summed E-state index contributed by atoms with van der Waals surface area (Å²) in [6, 6.07) is 0.390. The van der Waals surface area contributed by atoms with Gasteiger partial charge >= 0.3 is 0 Å². The Kier molecular flexibility index (Phi) is 9.21. The number of hydrogen-bond donors (Lipinski definition) is 1. The van der Waals surface area contributed by atoms with Crippen molar-refractivity contribution < 1.29 is 4.79 Å². The molecule has 3 rings (SSSR count). The van der Waals surface area contributed by atoms with Gasteiger partial charge in [0.25, 0.3) is 0 Å². The summed E-state index contributed by atoms with van der Waals surface area (Å²) in [5, 5.41) is 7.33. The fourth-order valence-corrected chi connectivity index (χ4v) is 3.94. The van der Waals surface area contributed by atoms with Crippen LogP contribution in [0.15, 0.2) is 12.4 Å². The Balaban J connectivity index is 0.00000156. The normalized spacial score (nSPS) is 20.5. The van der Waals surface area contributed by atoms with Crippen molar-refractivity contribution >= 4 is 30.7 Å². The molecule has 1 amide bonds. The third-order valence-electron chi connectivity index (χ3n) is 5.28. The summed E-state index contributed by atoms with van der Waals surface area (Å²) in [5.74, 6) is 0.178. The second kappa shape index (κ2) is 10.4. The van der Waals surface area contributed by atoms with Gasteiger partial charge in [-0.2, -0.15) is 5.10 Å². The average molecular weight is 392 g/mol. The predicted molar refractivity (Wildman–Crippen MR) is 105 cm³/mol. The number of likely N-dealkylation sites (tertiary alicyclic amines) is 2. The number of hydrogen-bond acceptors (Lipinski definition) is 4. The van der Waals surface area contributed by atoms with Crippen LogP contribution in [0.1, 0.15) is 43.7 Å². The maximum Gasteiger partial charge on any atom is 0.244 e. The molecule has 25 heavy (non-hydrogen) atoms. The average Bonchev–Trinajstić information content (AvgIpc) is 3.02. The third kappa shape index (κ3) is 5.33. The number of aryl methyl sites for hydroxylation is 1. The first kappa shape index (κ1) is 22.2. The van der Waals surface area contributed by atoms with Gasteiger partial charge in [0.2, 0.25) is 5.91 Å². The molecule has 6 nitrogen and oxygen atoms in total. The number of carbonyl (C=O) groups excluding carboxylic acids is 1. The molecule has 0 bridgehead atoms. The minimum atomic E-state index is -0.282. The molecule has 0 saturated carbocycles. The van der Waals surface area contributed by atoms with Gasteiger partial charge in [0.05, 0.1) is 6.20 Å². The van der Waals surface area contributed by atoms with E-state index in [4.69, 9.17) is 0 Å². The highest BCUT2D eigenvalue weighted by molar-refractivity contribution is 5.85. The first-order chi connectivity index (χ1) is 11.2. The zero-order valence-electron chi connectivity index (χ0n) is 15.2. The van der Waals surface area contributed by atoms with Crippen molar-refractivity contribution in [2.45, 2.75) is 44.2 Å². The first-order valence-electron chi connectivity index (χ1n) is 8.87. The van der Waals surface area contributed by atoms with Crippen molar-refractivity contribution in [3.8, 4) is 0 Å². The van der Waals surface area contributed by atoms with E-state index in [0.29, 0.717) is 6.04 Å². The Hall–Kier alpha value is -0.820. The fourth-order valence-electron chi connectivity index (χ4n) is 3.94. The fraction of sp³-hybridized carbons (Fsp3) is 0.765. The molecule has 0 aromatic carbocycles. The lowest BCUT2D eigenvalue weighted by Crippen LogP contribution is -2.50. The Morgan fingerprint density at radius 1 is 1.16 bits per heavy atom. The highest BCUT2D eigenvalue weighted by Crippen LogP contribution is 2.23. The summed E-state index contributed by atoms with van der Waals surface area (Å²) in [6.07, 6.45) is 9.95. The number of likely N-dealkylation sites (N-methyl/N-ethyl adjacent to an activating group) is 1. The minimum absolute atomic E-state index is 0. The first-order valence-corrected chi connectivity index (χ1v) is 8.87. The molecule has 2 saturated heterocycles. The smallest absolute Gasteiger partial charge is 0.244 e. The van der Waals surface area contributed by atoms with Crippen molar-refractivity contribution in [1.82, 2.24) is 24.9 Å². The van der Waals surface area contributed by atoms with Gasteiger partial charge in [-0.3, -0.25) is 9.48 Å². The quantitative estimate of drug-likeness (QED) is 0.852. The summed E-state index contributed by atoms with van der Waals surface area (Å²) < 4.78 is 1.75. The number of rotatable bonds is 4. The Labute approximate surface area is 163 Å². The number of nitrogens with zero attached hydrogens (tertiary/aromatic N) is 4. The lowest BCUT2D eigenvalue weighted by molar-refractivity contribution is -0.135. The van der Waals surface area contributed by atoms with Crippen molar-refractivity contribution in [1.29, 1.82) is 0 Å². The molecule has 1 aromatic heterocycles. The van der Waals surface area contributed by atoms with E-state index in [0.717, 1.165) is 31.5 Å². The Morgan fingerprint density at radius 3 is 2.32 bits per heavy atom. The summed E-state index contributed by atoms with van der Waals surface area (Å²) >= 11 is 0. The van der Waals surface area contributed by atoms with Gasteiger partial charge in [-0.1, -0.05) is 6.42 Å². The van der Waals surface area contributed by atoms with Crippen LogP contribution in [0, 0.1) is 0 Å². The van der Waals surface area contributed by atoms with Crippen LogP contribution in [0.25, 0.3) is 0 Å². The molecular weight excluding hydrogens is 361 g/mol. The summed E-state index contributed by atoms with van der Waals surface area (Å²) in [5.41, 5.74) is 0.943. The largest absolute Gasteiger partial charge is 0.341 e. The molecule has 0 aliphatic carbocycles. The second-order valence-electron chi connectivity index (χ2n) is 6.82. The van der Waals surface area contributed by atoms with E-state index in [2.05, 4.69) is 15.3 Å². The lowest BCUT2D eigenvalue weighted by Gasteiger charge is -2.40. The minimum Gasteiger partial charge on any atom is -0.341 e. The Morgan fingerprint density at radius 2 is 1.80 bits per heavy atom. The van der Waals surface area contributed by atoms with Crippen LogP contribution in [0.4, 0.5) is 0 Å². The molecule has 1 atom stereocenters. The van der Waals surface area contributed by atoms with E-state index in [9.17, 15) is 4.79 Å². The standard InChI is InChI=1S/C17H29N5O.2ClH/c1-18-16(14-12-19-20(2)13-14)17(23)22-10-6-15(7-11-22)21-8-4-3-5-9-21;;/h12-13,15-16,18H,3-11H2,1-2H3;2*1H. The van der Waals surface area contributed by atoms with Crippen LogP contribution in [-0.2, 0) is 11.8 Å². The number of piperidine rings is 2. The van der Waals surface area contributed by atoms with Gasteiger partial charge in [-0.25, -0.2) is 0 Å². The summed E-state index contributed by atoms with van der Waals surface area (Å²) in [7, 11) is 3.72. The van der Waals surface area contributed by atoms with Crippen LogP contribution >= 0.6 is 24.8 Å². The van der Waals surface area contributed by atoms with Gasteiger partial charge in [-0.05, 0) is 45.8 Å². The number of amides is 1. The molecule has 2 aliphatic rings.